The Kier molecular flexibility index (Phi) is 5.58. The van der Waals surface area contributed by atoms with Crippen molar-refractivity contribution in [2.75, 3.05) is 13.7 Å². The molecule has 5 heteroatoms. The van der Waals surface area contributed by atoms with E-state index in [0.717, 1.165) is 0 Å². The number of carbonyl (C=O) groups is 1. The number of hydrogen-bond acceptors (Lipinski definition) is 3. The zero-order chi connectivity index (χ0) is 13.5. The average molecular weight is 255 g/mol. The molecule has 0 aliphatic carbocycles. The molecule has 0 aliphatic rings. The van der Waals surface area contributed by atoms with E-state index < -0.39 is 11.7 Å². The summed E-state index contributed by atoms with van der Waals surface area (Å²) < 4.78 is 18.4. The fourth-order valence-corrected chi connectivity index (χ4v) is 1.50. The molecule has 18 heavy (non-hydrogen) atoms. The van der Waals surface area contributed by atoms with Crippen LogP contribution in [0.4, 0.5) is 4.39 Å². The van der Waals surface area contributed by atoms with Gasteiger partial charge >= 0.3 is 0 Å². The lowest BCUT2D eigenvalue weighted by Crippen LogP contribution is -2.25. The highest BCUT2D eigenvalue weighted by Gasteiger charge is 2.11. The van der Waals surface area contributed by atoms with Crippen LogP contribution < -0.4 is 10.1 Å². The van der Waals surface area contributed by atoms with Gasteiger partial charge in [0.2, 0.25) is 0 Å². The normalized spacial score (nSPS) is 12.0. The molecule has 1 rings (SSSR count). The zero-order valence-electron chi connectivity index (χ0n) is 10.6. The van der Waals surface area contributed by atoms with Crippen molar-refractivity contribution in [2.24, 2.45) is 0 Å². The fourth-order valence-electron chi connectivity index (χ4n) is 1.50. The quantitative estimate of drug-likeness (QED) is 0.761. The first-order valence-electron chi connectivity index (χ1n) is 5.84. The topological polar surface area (TPSA) is 58.6 Å². The Morgan fingerprint density at radius 3 is 2.83 bits per heavy atom. The molecule has 0 saturated heterocycles. The maximum absolute atomic E-state index is 13.5. The van der Waals surface area contributed by atoms with Crippen LogP contribution in [0.3, 0.4) is 0 Å². The van der Waals surface area contributed by atoms with E-state index in [4.69, 9.17) is 9.84 Å². The van der Waals surface area contributed by atoms with Crippen molar-refractivity contribution in [1.82, 2.24) is 5.32 Å². The molecule has 1 aromatic rings. The number of methoxy groups -OCH3 is 1. The molecule has 0 aliphatic heterocycles. The smallest absolute Gasteiger partial charge is 0.254 e. The lowest BCUT2D eigenvalue weighted by molar-refractivity contribution is 0.0945. The second-order valence-corrected chi connectivity index (χ2v) is 4.09. The van der Waals surface area contributed by atoms with E-state index in [1.54, 1.807) is 6.92 Å². The van der Waals surface area contributed by atoms with Gasteiger partial charge in [-0.3, -0.25) is 4.79 Å². The first kappa shape index (κ1) is 14.4. The highest BCUT2D eigenvalue weighted by molar-refractivity contribution is 5.94. The molecular formula is C13H18FNO3. The highest BCUT2D eigenvalue weighted by Crippen LogP contribution is 2.16. The van der Waals surface area contributed by atoms with Crippen LogP contribution in [-0.4, -0.2) is 30.8 Å². The molecule has 4 nitrogen and oxygen atoms in total. The van der Waals surface area contributed by atoms with Crippen LogP contribution in [0.25, 0.3) is 0 Å². The molecule has 2 N–H and O–H groups in total. The maximum Gasteiger partial charge on any atom is 0.254 e. The number of halogens is 1. The van der Waals surface area contributed by atoms with Gasteiger partial charge in [0.25, 0.3) is 5.91 Å². The number of benzene rings is 1. The molecule has 0 saturated carbocycles. The molecule has 1 amide bonds. The maximum atomic E-state index is 13.5. The van der Waals surface area contributed by atoms with Gasteiger partial charge in [-0.1, -0.05) is 0 Å². The third kappa shape index (κ3) is 4.33. The van der Waals surface area contributed by atoms with Gasteiger partial charge in [-0.2, -0.15) is 0 Å². The van der Waals surface area contributed by atoms with E-state index in [1.807, 2.05) is 0 Å². The predicted octanol–water partition coefficient (Wildman–Crippen LogP) is 1.73. The first-order valence-corrected chi connectivity index (χ1v) is 5.84. The van der Waals surface area contributed by atoms with Gasteiger partial charge in [0, 0.05) is 12.6 Å². The molecule has 0 aromatic heterocycles. The van der Waals surface area contributed by atoms with E-state index >= 15 is 0 Å². The van der Waals surface area contributed by atoms with E-state index in [9.17, 15) is 9.18 Å². The Balaban J connectivity index is 2.51. The van der Waals surface area contributed by atoms with Crippen LogP contribution in [-0.2, 0) is 0 Å². The Bertz CT molecular complexity index is 407. The summed E-state index contributed by atoms with van der Waals surface area (Å²) >= 11 is 0. The minimum absolute atomic E-state index is 0.00662. The van der Waals surface area contributed by atoms with Crippen LogP contribution >= 0.6 is 0 Å². The van der Waals surface area contributed by atoms with Gasteiger partial charge in [0.15, 0.2) is 0 Å². The Labute approximate surface area is 106 Å². The van der Waals surface area contributed by atoms with Crippen LogP contribution in [0.2, 0.25) is 0 Å². The van der Waals surface area contributed by atoms with E-state index in [0.29, 0.717) is 25.1 Å². The summed E-state index contributed by atoms with van der Waals surface area (Å²) in [7, 11) is 1.44. The van der Waals surface area contributed by atoms with Gasteiger partial charge < -0.3 is 15.2 Å². The molecule has 0 radical (unpaired) electrons. The van der Waals surface area contributed by atoms with Crippen LogP contribution in [0.5, 0.6) is 5.75 Å². The van der Waals surface area contributed by atoms with Crippen molar-refractivity contribution in [3.63, 3.8) is 0 Å². The molecule has 1 atom stereocenters. The van der Waals surface area contributed by atoms with Crippen molar-refractivity contribution in [2.45, 2.75) is 25.9 Å². The summed E-state index contributed by atoms with van der Waals surface area (Å²) in [6.07, 6.45) is 0.867. The Morgan fingerprint density at radius 1 is 1.56 bits per heavy atom. The van der Waals surface area contributed by atoms with Crippen molar-refractivity contribution < 1.29 is 19.0 Å². The third-order valence-corrected chi connectivity index (χ3v) is 2.51. The van der Waals surface area contributed by atoms with Gasteiger partial charge in [-0.05, 0) is 31.9 Å². The summed E-state index contributed by atoms with van der Waals surface area (Å²) in [5.41, 5.74) is -0.00662. The lowest BCUT2D eigenvalue weighted by Gasteiger charge is -2.08. The average Bonchev–Trinajstić information content (AvgIpc) is 2.33. The number of amides is 1. The molecule has 1 aromatic carbocycles. The number of carbonyl (C=O) groups excluding carboxylic acids is 1. The molecule has 100 valence electrons. The van der Waals surface area contributed by atoms with Crippen LogP contribution in [0.15, 0.2) is 18.2 Å². The number of rotatable bonds is 6. The molecule has 0 fully saturated rings. The summed E-state index contributed by atoms with van der Waals surface area (Å²) in [6, 6.07) is 4.09. The van der Waals surface area contributed by atoms with E-state index in [1.165, 1.54) is 25.3 Å². The van der Waals surface area contributed by atoms with E-state index in [2.05, 4.69) is 5.32 Å². The second kappa shape index (κ2) is 6.96. The zero-order valence-corrected chi connectivity index (χ0v) is 10.6. The molecule has 0 bridgehead atoms. The standard InChI is InChI=1S/C13H18FNO3/c1-9(16)4-3-7-15-13(17)11-6-5-10(18-2)8-12(11)14/h5-6,8-9,16H,3-4,7H2,1-2H3,(H,15,17). The summed E-state index contributed by atoms with van der Waals surface area (Å²) in [4.78, 5) is 11.7. The number of hydrogen-bond donors (Lipinski definition) is 2. The minimum atomic E-state index is -0.609. The predicted molar refractivity (Wildman–Crippen MR) is 66.2 cm³/mol. The second-order valence-electron chi connectivity index (χ2n) is 4.09. The molecule has 0 spiro atoms. The molecule has 1 unspecified atom stereocenters. The Morgan fingerprint density at radius 2 is 2.28 bits per heavy atom. The first-order chi connectivity index (χ1) is 8.54. The molecular weight excluding hydrogens is 237 g/mol. The minimum Gasteiger partial charge on any atom is -0.497 e. The van der Waals surface area contributed by atoms with Gasteiger partial charge in [-0.25, -0.2) is 4.39 Å². The number of nitrogens with one attached hydrogen (secondary N) is 1. The number of aliphatic hydroxyl groups is 1. The van der Waals surface area contributed by atoms with Crippen LogP contribution in [0.1, 0.15) is 30.1 Å². The molecule has 0 heterocycles. The fraction of sp³-hybridized carbons (Fsp3) is 0.462. The summed E-state index contributed by atoms with van der Waals surface area (Å²) in [5, 5.41) is 11.7. The van der Waals surface area contributed by atoms with Crippen molar-refractivity contribution >= 4 is 5.91 Å². The number of aliphatic hydroxyl groups excluding tert-OH is 1. The van der Waals surface area contributed by atoms with Gasteiger partial charge in [-0.15, -0.1) is 0 Å². The van der Waals surface area contributed by atoms with Crippen molar-refractivity contribution in [3.05, 3.63) is 29.6 Å². The highest BCUT2D eigenvalue weighted by atomic mass is 19.1. The number of ether oxygens (including phenoxy) is 1. The summed E-state index contributed by atoms with van der Waals surface area (Å²) in [5.74, 6) is -0.693. The largest absolute Gasteiger partial charge is 0.497 e. The van der Waals surface area contributed by atoms with Gasteiger partial charge in [0.05, 0.1) is 18.8 Å². The van der Waals surface area contributed by atoms with Gasteiger partial charge in [0.1, 0.15) is 11.6 Å². The van der Waals surface area contributed by atoms with Crippen molar-refractivity contribution in [1.29, 1.82) is 0 Å². The van der Waals surface area contributed by atoms with E-state index in [-0.39, 0.29) is 11.7 Å². The lowest BCUT2D eigenvalue weighted by atomic mass is 10.1. The SMILES string of the molecule is COc1ccc(C(=O)NCCCC(C)O)c(F)c1. The third-order valence-electron chi connectivity index (χ3n) is 2.51. The van der Waals surface area contributed by atoms with Crippen LogP contribution in [0, 0.1) is 5.82 Å². The monoisotopic (exact) mass is 255 g/mol. The Hall–Kier alpha value is -1.62. The van der Waals surface area contributed by atoms with Crippen molar-refractivity contribution in [3.8, 4) is 5.75 Å². The summed E-state index contributed by atoms with van der Waals surface area (Å²) in [6.45, 7) is 2.10.